The predicted octanol–water partition coefficient (Wildman–Crippen LogP) is 3.14. The number of ether oxygens (including phenoxy) is 1. The summed E-state index contributed by atoms with van der Waals surface area (Å²) in [4.78, 5) is 15.9. The van der Waals surface area contributed by atoms with E-state index < -0.39 is 0 Å². The van der Waals surface area contributed by atoms with E-state index in [0.717, 1.165) is 22.9 Å². The minimum Gasteiger partial charge on any atom is -0.465 e. The topological polar surface area (TPSA) is 64.1 Å². The average molecular weight is 305 g/mol. The molecule has 0 radical (unpaired) electrons. The van der Waals surface area contributed by atoms with Gasteiger partial charge in [-0.2, -0.15) is 4.37 Å². The minimum absolute atomic E-state index is 0.327. The number of esters is 1. The molecule has 1 N–H and O–H groups in total. The lowest BCUT2D eigenvalue weighted by molar-refractivity contribution is 0.0600. The standard InChI is InChI=1S/C15H19N3O2S/c1-10(2)7-13-17-15(21-18-13)16-9-11-5-4-6-12(8-11)14(19)20-3/h4-6,8,10H,7,9H2,1-3H3,(H,16,17,18). The van der Waals surface area contributed by atoms with Gasteiger partial charge in [0, 0.05) is 24.5 Å². The molecule has 0 saturated heterocycles. The van der Waals surface area contributed by atoms with E-state index in [2.05, 4.69) is 28.5 Å². The second kappa shape index (κ2) is 7.17. The Morgan fingerprint density at radius 2 is 2.24 bits per heavy atom. The van der Waals surface area contributed by atoms with Crippen molar-refractivity contribution in [2.75, 3.05) is 12.4 Å². The van der Waals surface area contributed by atoms with Gasteiger partial charge >= 0.3 is 5.97 Å². The molecule has 0 saturated carbocycles. The number of anilines is 1. The zero-order valence-corrected chi connectivity index (χ0v) is 13.2. The molecule has 1 aromatic carbocycles. The molecule has 0 aliphatic heterocycles. The first-order valence-corrected chi connectivity index (χ1v) is 7.59. The Morgan fingerprint density at radius 3 is 2.95 bits per heavy atom. The minimum atomic E-state index is -0.327. The van der Waals surface area contributed by atoms with Crippen LogP contribution in [0.5, 0.6) is 0 Å². The number of aromatic nitrogens is 2. The lowest BCUT2D eigenvalue weighted by Crippen LogP contribution is -2.04. The lowest BCUT2D eigenvalue weighted by Gasteiger charge is -2.05. The van der Waals surface area contributed by atoms with Crippen LogP contribution in [-0.2, 0) is 17.7 Å². The van der Waals surface area contributed by atoms with Crippen molar-refractivity contribution in [3.63, 3.8) is 0 Å². The van der Waals surface area contributed by atoms with Crippen molar-refractivity contribution < 1.29 is 9.53 Å². The van der Waals surface area contributed by atoms with Gasteiger partial charge in [0.25, 0.3) is 0 Å². The molecule has 6 heteroatoms. The Kier molecular flexibility index (Phi) is 5.27. The van der Waals surface area contributed by atoms with Crippen molar-refractivity contribution in [2.45, 2.75) is 26.8 Å². The van der Waals surface area contributed by atoms with Gasteiger partial charge in [0.15, 0.2) is 0 Å². The summed E-state index contributed by atoms with van der Waals surface area (Å²) in [5.74, 6) is 1.09. The van der Waals surface area contributed by atoms with Crippen molar-refractivity contribution in [2.24, 2.45) is 5.92 Å². The summed E-state index contributed by atoms with van der Waals surface area (Å²) in [5, 5.41) is 4.03. The summed E-state index contributed by atoms with van der Waals surface area (Å²) in [7, 11) is 1.38. The van der Waals surface area contributed by atoms with Crippen LogP contribution in [0.3, 0.4) is 0 Å². The summed E-state index contributed by atoms with van der Waals surface area (Å²) >= 11 is 1.36. The summed E-state index contributed by atoms with van der Waals surface area (Å²) in [5.41, 5.74) is 1.55. The second-order valence-corrected chi connectivity index (χ2v) is 5.91. The number of nitrogens with one attached hydrogen (secondary N) is 1. The first-order chi connectivity index (χ1) is 10.1. The first kappa shape index (κ1) is 15.4. The monoisotopic (exact) mass is 305 g/mol. The fourth-order valence-corrected chi connectivity index (χ4v) is 2.47. The van der Waals surface area contributed by atoms with Crippen LogP contribution in [0, 0.1) is 5.92 Å². The number of carbonyl (C=O) groups is 1. The molecule has 1 heterocycles. The number of hydrogen-bond donors (Lipinski definition) is 1. The van der Waals surface area contributed by atoms with E-state index in [0.29, 0.717) is 18.0 Å². The Morgan fingerprint density at radius 1 is 1.43 bits per heavy atom. The summed E-state index contributed by atoms with van der Waals surface area (Å²) in [6.07, 6.45) is 0.885. The van der Waals surface area contributed by atoms with Gasteiger partial charge in [0.1, 0.15) is 5.82 Å². The maximum absolute atomic E-state index is 11.5. The van der Waals surface area contributed by atoms with Crippen LogP contribution in [-0.4, -0.2) is 22.4 Å². The van der Waals surface area contributed by atoms with Crippen LogP contribution >= 0.6 is 11.5 Å². The molecule has 2 rings (SSSR count). The van der Waals surface area contributed by atoms with Crippen molar-refractivity contribution >= 4 is 22.6 Å². The quantitative estimate of drug-likeness (QED) is 0.831. The van der Waals surface area contributed by atoms with Crippen LogP contribution in [0.1, 0.15) is 35.6 Å². The summed E-state index contributed by atoms with van der Waals surface area (Å²) in [6.45, 7) is 4.89. The second-order valence-electron chi connectivity index (χ2n) is 5.16. The number of carbonyl (C=O) groups excluding carboxylic acids is 1. The highest BCUT2D eigenvalue weighted by Gasteiger charge is 2.08. The largest absolute Gasteiger partial charge is 0.465 e. The molecule has 0 atom stereocenters. The van der Waals surface area contributed by atoms with Crippen molar-refractivity contribution in [1.29, 1.82) is 0 Å². The Bertz CT molecular complexity index is 610. The van der Waals surface area contributed by atoms with Crippen LogP contribution in [0.2, 0.25) is 0 Å². The molecule has 1 aromatic heterocycles. The molecule has 112 valence electrons. The normalized spacial score (nSPS) is 10.7. The summed E-state index contributed by atoms with van der Waals surface area (Å²) < 4.78 is 9.04. The van der Waals surface area contributed by atoms with Gasteiger partial charge in [-0.05, 0) is 23.6 Å². The third-order valence-corrected chi connectivity index (χ3v) is 3.56. The zero-order valence-electron chi connectivity index (χ0n) is 12.4. The maximum atomic E-state index is 11.5. The van der Waals surface area contributed by atoms with E-state index in [9.17, 15) is 4.79 Å². The van der Waals surface area contributed by atoms with Gasteiger partial charge in [0.05, 0.1) is 12.7 Å². The number of hydrogen-bond acceptors (Lipinski definition) is 6. The van der Waals surface area contributed by atoms with Crippen LogP contribution < -0.4 is 5.32 Å². The highest BCUT2D eigenvalue weighted by Crippen LogP contribution is 2.15. The third kappa shape index (κ3) is 4.53. The number of rotatable bonds is 6. The van der Waals surface area contributed by atoms with Crippen LogP contribution in [0.15, 0.2) is 24.3 Å². The highest BCUT2D eigenvalue weighted by atomic mass is 32.1. The maximum Gasteiger partial charge on any atom is 0.337 e. The lowest BCUT2D eigenvalue weighted by atomic mass is 10.1. The number of nitrogens with zero attached hydrogens (tertiary/aromatic N) is 2. The van der Waals surface area contributed by atoms with E-state index in [1.807, 2.05) is 18.2 Å². The van der Waals surface area contributed by atoms with E-state index >= 15 is 0 Å². The Labute approximate surface area is 128 Å². The van der Waals surface area contributed by atoms with Gasteiger partial charge < -0.3 is 10.1 Å². The van der Waals surface area contributed by atoms with Gasteiger partial charge in [0.2, 0.25) is 5.13 Å². The highest BCUT2D eigenvalue weighted by molar-refractivity contribution is 7.09. The predicted molar refractivity (Wildman–Crippen MR) is 83.6 cm³/mol. The Hall–Kier alpha value is -1.95. The number of benzene rings is 1. The molecule has 0 aliphatic rings. The van der Waals surface area contributed by atoms with Gasteiger partial charge in [-0.3, -0.25) is 0 Å². The van der Waals surface area contributed by atoms with Crippen molar-refractivity contribution in [3.8, 4) is 0 Å². The van der Waals surface area contributed by atoms with Crippen molar-refractivity contribution in [3.05, 3.63) is 41.2 Å². The van der Waals surface area contributed by atoms with E-state index in [-0.39, 0.29) is 5.97 Å². The molecule has 0 spiro atoms. The Balaban J connectivity index is 1.96. The number of methoxy groups -OCH3 is 1. The molecule has 0 amide bonds. The van der Waals surface area contributed by atoms with E-state index in [1.165, 1.54) is 18.6 Å². The van der Waals surface area contributed by atoms with Crippen LogP contribution in [0.4, 0.5) is 5.13 Å². The smallest absolute Gasteiger partial charge is 0.337 e. The van der Waals surface area contributed by atoms with Gasteiger partial charge in [-0.25, -0.2) is 9.78 Å². The summed E-state index contributed by atoms with van der Waals surface area (Å²) in [6, 6.07) is 7.35. The first-order valence-electron chi connectivity index (χ1n) is 6.82. The van der Waals surface area contributed by atoms with E-state index in [1.54, 1.807) is 6.07 Å². The molecule has 0 unspecified atom stereocenters. The van der Waals surface area contributed by atoms with Crippen LogP contribution in [0.25, 0.3) is 0 Å². The van der Waals surface area contributed by atoms with Gasteiger partial charge in [-0.1, -0.05) is 26.0 Å². The average Bonchev–Trinajstić information content (AvgIpc) is 2.91. The fraction of sp³-hybridized carbons (Fsp3) is 0.400. The SMILES string of the molecule is COC(=O)c1cccc(CNc2nc(CC(C)C)ns2)c1. The van der Waals surface area contributed by atoms with Gasteiger partial charge in [-0.15, -0.1) is 0 Å². The fourth-order valence-electron chi connectivity index (χ4n) is 1.88. The molecule has 0 fully saturated rings. The molecule has 2 aromatic rings. The molecule has 5 nitrogen and oxygen atoms in total. The molecular weight excluding hydrogens is 286 g/mol. The third-order valence-electron chi connectivity index (χ3n) is 2.85. The zero-order chi connectivity index (χ0) is 15.2. The molecular formula is C15H19N3O2S. The molecule has 21 heavy (non-hydrogen) atoms. The molecule has 0 bridgehead atoms. The molecule has 0 aliphatic carbocycles. The van der Waals surface area contributed by atoms with Crippen molar-refractivity contribution in [1.82, 2.24) is 9.36 Å². The van der Waals surface area contributed by atoms with E-state index in [4.69, 9.17) is 4.74 Å².